The zero-order valence-electron chi connectivity index (χ0n) is 13.1. The number of hydrogen-bond donors (Lipinski definition) is 0. The first kappa shape index (κ1) is 15.7. The number of rotatable bonds is 2. The number of fused-ring (bicyclic) bond motifs is 2. The van der Waals surface area contributed by atoms with Gasteiger partial charge in [-0.3, -0.25) is 0 Å². The molecule has 22 heavy (non-hydrogen) atoms. The molecule has 1 aromatic heterocycles. The predicted octanol–water partition coefficient (Wildman–Crippen LogP) is 3.17. The van der Waals surface area contributed by atoms with E-state index >= 15 is 0 Å². The molecule has 2 aliphatic rings. The molecule has 0 aliphatic carbocycles. The molecule has 1 aromatic rings. The van der Waals surface area contributed by atoms with E-state index in [-0.39, 0.29) is 5.97 Å². The summed E-state index contributed by atoms with van der Waals surface area (Å²) in [6.07, 6.45) is 2.22. The number of anilines is 1. The maximum absolute atomic E-state index is 12.3. The van der Waals surface area contributed by atoms with Crippen molar-refractivity contribution in [2.24, 2.45) is 0 Å². The van der Waals surface area contributed by atoms with Gasteiger partial charge in [-0.05, 0) is 61.7 Å². The molecule has 0 saturated carbocycles. The molecule has 0 N–H and O–H groups in total. The lowest BCUT2D eigenvalue weighted by Crippen LogP contribution is -2.46. The average Bonchev–Trinajstić information content (AvgIpc) is 2.66. The van der Waals surface area contributed by atoms with E-state index in [0.29, 0.717) is 22.3 Å². The van der Waals surface area contributed by atoms with Gasteiger partial charge in [-0.2, -0.15) is 0 Å². The molecule has 2 saturated heterocycles. The van der Waals surface area contributed by atoms with Gasteiger partial charge in [0.2, 0.25) is 0 Å². The van der Waals surface area contributed by atoms with Crippen molar-refractivity contribution in [3.63, 3.8) is 0 Å². The second-order valence-electron chi connectivity index (χ2n) is 6.87. The van der Waals surface area contributed by atoms with Crippen LogP contribution in [0.1, 0.15) is 44.0 Å². The van der Waals surface area contributed by atoms with Gasteiger partial charge in [0.1, 0.15) is 16.0 Å². The highest BCUT2D eigenvalue weighted by molar-refractivity contribution is 9.10. The highest BCUT2D eigenvalue weighted by Gasteiger charge is 2.38. The van der Waals surface area contributed by atoms with Crippen LogP contribution in [0.4, 0.5) is 5.82 Å². The van der Waals surface area contributed by atoms with Crippen LogP contribution in [-0.4, -0.2) is 41.9 Å². The van der Waals surface area contributed by atoms with Gasteiger partial charge in [-0.25, -0.2) is 9.78 Å². The lowest BCUT2D eigenvalue weighted by Gasteiger charge is -2.35. The van der Waals surface area contributed by atoms with Crippen LogP contribution < -0.4 is 4.90 Å². The molecule has 0 amide bonds. The number of carbonyl (C=O) groups is 1. The summed E-state index contributed by atoms with van der Waals surface area (Å²) in [6.45, 7) is 7.05. The molecule has 2 unspecified atom stereocenters. The number of esters is 1. The minimum absolute atomic E-state index is 0.322. The minimum atomic E-state index is -0.509. The smallest absolute Gasteiger partial charge is 0.338 e. The number of aromatic nitrogens is 1. The Morgan fingerprint density at radius 2 is 1.95 bits per heavy atom. The molecule has 0 spiro atoms. The fourth-order valence-electron chi connectivity index (χ4n) is 3.07. The van der Waals surface area contributed by atoms with E-state index in [0.717, 1.165) is 31.9 Å². The molecule has 2 fully saturated rings. The van der Waals surface area contributed by atoms with Gasteiger partial charge < -0.3 is 14.4 Å². The zero-order chi connectivity index (χ0) is 15.9. The summed E-state index contributed by atoms with van der Waals surface area (Å²) < 4.78 is 11.7. The molecule has 2 bridgehead atoms. The Hall–Kier alpha value is -1.14. The molecule has 120 valence electrons. The third-order valence-corrected chi connectivity index (χ3v) is 4.33. The number of hydrogen-bond acceptors (Lipinski definition) is 5. The first-order chi connectivity index (χ1) is 10.3. The summed E-state index contributed by atoms with van der Waals surface area (Å²) in [5.41, 5.74) is 0.0167. The van der Waals surface area contributed by atoms with Crippen LogP contribution in [0.2, 0.25) is 0 Å². The Morgan fingerprint density at radius 3 is 2.55 bits per heavy atom. The lowest BCUT2D eigenvalue weighted by molar-refractivity contribution is 0.00693. The molecular formula is C16H21BrN2O3. The predicted molar refractivity (Wildman–Crippen MR) is 87.2 cm³/mol. The summed E-state index contributed by atoms with van der Waals surface area (Å²) in [4.78, 5) is 19.2. The van der Waals surface area contributed by atoms with Crippen LogP contribution in [0, 0.1) is 0 Å². The molecule has 0 aromatic carbocycles. The van der Waals surface area contributed by atoms with Gasteiger partial charge in [0.25, 0.3) is 0 Å². The van der Waals surface area contributed by atoms with Gasteiger partial charge in [-0.1, -0.05) is 0 Å². The first-order valence-corrected chi connectivity index (χ1v) is 8.40. The van der Waals surface area contributed by atoms with E-state index in [1.807, 2.05) is 26.8 Å². The highest BCUT2D eigenvalue weighted by atomic mass is 79.9. The van der Waals surface area contributed by atoms with Gasteiger partial charge in [0.05, 0.1) is 30.9 Å². The SMILES string of the molecule is CC(C)(C)OC(=O)c1cc(Br)nc(N2C3CCC2COC3)c1. The van der Waals surface area contributed by atoms with Crippen LogP contribution in [0.3, 0.4) is 0 Å². The summed E-state index contributed by atoms with van der Waals surface area (Å²) in [7, 11) is 0. The zero-order valence-corrected chi connectivity index (χ0v) is 14.7. The van der Waals surface area contributed by atoms with Crippen LogP contribution in [0.5, 0.6) is 0 Å². The Labute approximate surface area is 139 Å². The van der Waals surface area contributed by atoms with Gasteiger partial charge in [0, 0.05) is 0 Å². The van der Waals surface area contributed by atoms with Gasteiger partial charge in [0.15, 0.2) is 0 Å². The van der Waals surface area contributed by atoms with Gasteiger partial charge >= 0.3 is 5.97 Å². The highest BCUT2D eigenvalue weighted by Crippen LogP contribution is 2.34. The van der Waals surface area contributed by atoms with Crippen molar-refractivity contribution in [1.82, 2.24) is 4.98 Å². The first-order valence-electron chi connectivity index (χ1n) is 7.60. The second kappa shape index (κ2) is 5.81. The van der Waals surface area contributed by atoms with Crippen molar-refractivity contribution >= 4 is 27.7 Å². The van der Waals surface area contributed by atoms with Gasteiger partial charge in [-0.15, -0.1) is 0 Å². The van der Waals surface area contributed by atoms with E-state index in [4.69, 9.17) is 9.47 Å². The number of carbonyl (C=O) groups excluding carboxylic acids is 1. The maximum Gasteiger partial charge on any atom is 0.338 e. The van der Waals surface area contributed by atoms with Crippen LogP contribution in [-0.2, 0) is 9.47 Å². The van der Waals surface area contributed by atoms with E-state index in [2.05, 4.69) is 25.8 Å². The number of nitrogens with zero attached hydrogens (tertiary/aromatic N) is 2. The van der Waals surface area contributed by atoms with Crippen molar-refractivity contribution in [2.75, 3.05) is 18.1 Å². The normalized spacial score (nSPS) is 24.5. The molecule has 3 rings (SSSR count). The standard InChI is InChI=1S/C16H21BrN2O3/c1-16(2,3)22-15(20)10-6-13(17)18-14(7-10)19-11-4-5-12(19)9-21-8-11/h6-7,11-12H,4-5,8-9H2,1-3H3. The number of halogens is 1. The van der Waals surface area contributed by atoms with Crippen molar-refractivity contribution in [3.8, 4) is 0 Å². The fourth-order valence-corrected chi connectivity index (χ4v) is 3.50. The number of ether oxygens (including phenoxy) is 2. The van der Waals surface area contributed by atoms with E-state index < -0.39 is 5.60 Å². The summed E-state index contributed by atoms with van der Waals surface area (Å²) in [5.74, 6) is 0.503. The molecule has 2 aliphatic heterocycles. The van der Waals surface area contributed by atoms with Crippen LogP contribution >= 0.6 is 15.9 Å². The van der Waals surface area contributed by atoms with Crippen molar-refractivity contribution in [2.45, 2.75) is 51.3 Å². The van der Waals surface area contributed by atoms with E-state index in [9.17, 15) is 4.79 Å². The topological polar surface area (TPSA) is 51.7 Å². The molecular weight excluding hydrogens is 348 g/mol. The summed E-state index contributed by atoms with van der Waals surface area (Å²) >= 11 is 3.41. The van der Waals surface area contributed by atoms with E-state index in [1.54, 1.807) is 6.07 Å². The van der Waals surface area contributed by atoms with E-state index in [1.165, 1.54) is 0 Å². The van der Waals surface area contributed by atoms with Crippen LogP contribution in [0.15, 0.2) is 16.7 Å². The van der Waals surface area contributed by atoms with Crippen molar-refractivity contribution in [1.29, 1.82) is 0 Å². The largest absolute Gasteiger partial charge is 0.456 e. The van der Waals surface area contributed by atoms with Crippen LogP contribution in [0.25, 0.3) is 0 Å². The molecule has 2 atom stereocenters. The third kappa shape index (κ3) is 3.27. The Morgan fingerprint density at radius 1 is 1.32 bits per heavy atom. The number of pyridine rings is 1. The Kier molecular flexibility index (Phi) is 4.16. The fraction of sp³-hybridized carbons (Fsp3) is 0.625. The molecule has 5 nitrogen and oxygen atoms in total. The maximum atomic E-state index is 12.3. The number of morpholine rings is 1. The lowest BCUT2D eigenvalue weighted by atomic mass is 10.1. The minimum Gasteiger partial charge on any atom is -0.456 e. The molecule has 6 heteroatoms. The Bertz CT molecular complexity index is 569. The second-order valence-corrected chi connectivity index (χ2v) is 7.68. The third-order valence-electron chi connectivity index (χ3n) is 3.92. The summed E-state index contributed by atoms with van der Waals surface area (Å²) in [6, 6.07) is 4.24. The van der Waals surface area contributed by atoms with Crippen molar-refractivity contribution in [3.05, 3.63) is 22.3 Å². The molecule has 3 heterocycles. The monoisotopic (exact) mass is 368 g/mol. The summed E-state index contributed by atoms with van der Waals surface area (Å²) in [5, 5.41) is 0. The quantitative estimate of drug-likeness (QED) is 0.592. The average molecular weight is 369 g/mol. The molecule has 0 radical (unpaired) electrons. The van der Waals surface area contributed by atoms with Crippen molar-refractivity contribution < 1.29 is 14.3 Å². The Balaban J connectivity index is 1.89.